The van der Waals surface area contributed by atoms with Crippen molar-refractivity contribution < 1.29 is 43.0 Å². The highest BCUT2D eigenvalue weighted by Crippen LogP contribution is 2.30. The van der Waals surface area contributed by atoms with Crippen molar-refractivity contribution in [3.8, 4) is 0 Å². The van der Waals surface area contributed by atoms with Crippen molar-refractivity contribution in [3.05, 3.63) is 66.2 Å². The van der Waals surface area contributed by atoms with Crippen LogP contribution in [0.4, 0.5) is 10.5 Å². The molecule has 2 fully saturated rings. The van der Waals surface area contributed by atoms with Gasteiger partial charge in [-0.25, -0.2) is 4.79 Å². The zero-order valence-corrected chi connectivity index (χ0v) is 32.7. The molecule has 55 heavy (non-hydrogen) atoms. The molecule has 0 aromatic heterocycles. The number of carbonyl (C=O) groups is 6. The molecule has 2 aliphatic heterocycles. The molecule has 2 aliphatic rings. The number of rotatable bonds is 20. The van der Waals surface area contributed by atoms with Crippen LogP contribution in [0.1, 0.15) is 85.1 Å². The second kappa shape index (κ2) is 21.3. The average molecular weight is 764 g/mol. The Bertz CT molecular complexity index is 1570. The number of alkyl carbamates (subject to hydrolysis) is 1. The molecule has 0 saturated carbocycles. The van der Waals surface area contributed by atoms with Gasteiger partial charge in [-0.05, 0) is 76.5 Å². The number of imide groups is 1. The molecule has 0 radical (unpaired) electrons. The van der Waals surface area contributed by atoms with E-state index in [2.05, 4.69) is 10.6 Å². The number of hydrogen-bond donors (Lipinski definition) is 2. The maximum absolute atomic E-state index is 14.7. The van der Waals surface area contributed by atoms with Crippen LogP contribution in [-0.4, -0.2) is 102 Å². The van der Waals surface area contributed by atoms with E-state index < -0.39 is 60.2 Å². The van der Waals surface area contributed by atoms with Crippen LogP contribution in [0.3, 0.4) is 0 Å². The number of benzene rings is 2. The Balaban J connectivity index is 1.43. The normalized spacial score (nSPS) is 17.3. The van der Waals surface area contributed by atoms with Crippen molar-refractivity contribution >= 4 is 41.3 Å². The van der Waals surface area contributed by atoms with Crippen molar-refractivity contribution in [2.24, 2.45) is 5.92 Å². The van der Waals surface area contributed by atoms with Gasteiger partial charge in [0, 0.05) is 44.8 Å². The second-order valence-electron chi connectivity index (χ2n) is 14.1. The minimum Gasteiger partial charge on any atom is -0.445 e. The third kappa shape index (κ3) is 11.6. The fraction of sp³-hybridized carbons (Fsp3) is 0.561. The molecule has 0 unspecified atom stereocenters. The summed E-state index contributed by atoms with van der Waals surface area (Å²) >= 11 is 0. The van der Waals surface area contributed by atoms with Gasteiger partial charge >= 0.3 is 6.09 Å². The van der Waals surface area contributed by atoms with E-state index in [0.29, 0.717) is 51.1 Å². The van der Waals surface area contributed by atoms with Crippen molar-refractivity contribution in [2.75, 3.05) is 31.2 Å². The number of unbranched alkanes of at least 4 members (excludes halogenated alkanes) is 1. The van der Waals surface area contributed by atoms with Crippen molar-refractivity contribution in [1.82, 2.24) is 20.4 Å². The fourth-order valence-corrected chi connectivity index (χ4v) is 7.16. The van der Waals surface area contributed by atoms with E-state index in [9.17, 15) is 28.8 Å². The quantitative estimate of drug-likeness (QED) is 0.112. The summed E-state index contributed by atoms with van der Waals surface area (Å²) in [7, 11) is 0. The van der Waals surface area contributed by atoms with E-state index in [0.717, 1.165) is 10.5 Å². The van der Waals surface area contributed by atoms with Gasteiger partial charge in [-0.2, -0.15) is 0 Å². The second-order valence-corrected chi connectivity index (χ2v) is 14.1. The number of hydrogen-bond acceptors (Lipinski definition) is 9. The molecule has 0 spiro atoms. The first kappa shape index (κ1) is 42.9. The molecule has 2 N–H and O–H groups in total. The van der Waals surface area contributed by atoms with Crippen molar-refractivity contribution in [2.45, 2.75) is 117 Å². The zero-order chi connectivity index (χ0) is 39.9. The topological polar surface area (TPSA) is 164 Å². The molecular weight excluding hydrogens is 706 g/mol. The highest BCUT2D eigenvalue weighted by molar-refractivity contribution is 6.06. The van der Waals surface area contributed by atoms with Crippen LogP contribution in [-0.2, 0) is 44.8 Å². The summed E-state index contributed by atoms with van der Waals surface area (Å²) in [6.07, 6.45) is 0.735. The molecule has 4 atom stereocenters. The number of anilines is 1. The van der Waals surface area contributed by atoms with E-state index in [1.807, 2.05) is 88.4 Å². The predicted molar refractivity (Wildman–Crippen MR) is 205 cm³/mol. The van der Waals surface area contributed by atoms with Gasteiger partial charge in [0.05, 0.1) is 6.04 Å². The van der Waals surface area contributed by atoms with Gasteiger partial charge in [0.25, 0.3) is 0 Å². The highest BCUT2D eigenvalue weighted by atomic mass is 16.7. The van der Waals surface area contributed by atoms with Gasteiger partial charge in [-0.1, -0.05) is 62.4 Å². The van der Waals surface area contributed by atoms with Crippen LogP contribution in [0.25, 0.3) is 0 Å². The number of carbonyl (C=O) groups excluding carboxylic acids is 6. The zero-order valence-electron chi connectivity index (χ0n) is 32.7. The summed E-state index contributed by atoms with van der Waals surface area (Å²) in [5.74, 6) is -2.33. The van der Waals surface area contributed by atoms with Crippen LogP contribution < -0.4 is 15.5 Å². The van der Waals surface area contributed by atoms with E-state index in [4.69, 9.17) is 14.2 Å². The van der Waals surface area contributed by atoms with E-state index in [-0.39, 0.29) is 44.2 Å². The summed E-state index contributed by atoms with van der Waals surface area (Å²) in [6.45, 7) is 10.7. The fourth-order valence-electron chi connectivity index (χ4n) is 7.16. The summed E-state index contributed by atoms with van der Waals surface area (Å²) in [5.41, 5.74) is 1.51. The summed E-state index contributed by atoms with van der Waals surface area (Å²) < 4.78 is 17.3. The van der Waals surface area contributed by atoms with Gasteiger partial charge in [0.2, 0.25) is 29.5 Å². The third-order valence-electron chi connectivity index (χ3n) is 9.83. The smallest absolute Gasteiger partial charge is 0.407 e. The lowest BCUT2D eigenvalue weighted by molar-refractivity contribution is -0.159. The maximum atomic E-state index is 14.7. The van der Waals surface area contributed by atoms with Crippen LogP contribution in [0.15, 0.2) is 60.7 Å². The molecule has 14 nitrogen and oxygen atoms in total. The standard InChI is InChI=1S/C41H57N5O9/c1-6-53-40(54-7-2)36(28(3)4)45(31-19-12-9-13-20-31)39(51)33-22-16-26-44(33)38(50)29(5)43-37(49)32(46-34(47)23-24-35(46)48)21-14-15-25-42-41(52)55-27-30-17-10-8-11-18-30/h8-13,17-20,28-29,32-33,36,40H,6-7,14-16,21-27H2,1-5H3,(H,42,52)(H,43,49)/t29-,32-,33-,36-/m0/s1. The van der Waals surface area contributed by atoms with E-state index >= 15 is 0 Å². The molecule has 2 aromatic rings. The minimum absolute atomic E-state index is 0.00616. The summed E-state index contributed by atoms with van der Waals surface area (Å²) in [6, 6.07) is 15.0. The molecule has 2 aromatic carbocycles. The molecule has 0 bridgehead atoms. The Labute approximate surface area is 324 Å². The van der Waals surface area contributed by atoms with E-state index in [1.54, 1.807) is 11.8 Å². The third-order valence-corrected chi connectivity index (χ3v) is 9.83. The minimum atomic E-state index is -1.13. The van der Waals surface area contributed by atoms with Gasteiger partial charge < -0.3 is 34.6 Å². The van der Waals surface area contributed by atoms with Gasteiger partial charge in [0.1, 0.15) is 24.7 Å². The Hall–Kier alpha value is -4.82. The highest BCUT2D eigenvalue weighted by Gasteiger charge is 2.44. The van der Waals surface area contributed by atoms with Gasteiger partial charge in [-0.15, -0.1) is 0 Å². The number of para-hydroxylation sites is 1. The first-order valence-electron chi connectivity index (χ1n) is 19.5. The maximum Gasteiger partial charge on any atom is 0.407 e. The van der Waals surface area contributed by atoms with E-state index in [1.165, 1.54) is 4.90 Å². The SMILES string of the molecule is CCOC(OCC)[C@H](C(C)C)N(C(=O)[C@@H]1CCCN1C(=O)[C@H](C)NC(=O)[C@H](CCCCNC(=O)OCc1ccccc1)N1C(=O)CCC1=O)c1ccccc1. The Morgan fingerprint density at radius 1 is 0.873 bits per heavy atom. The van der Waals surface area contributed by atoms with Crippen LogP contribution in [0, 0.1) is 5.92 Å². The number of likely N-dealkylation sites (tertiary alicyclic amines) is 2. The average Bonchev–Trinajstić information content (AvgIpc) is 3.80. The molecule has 2 heterocycles. The molecule has 6 amide bonds. The summed E-state index contributed by atoms with van der Waals surface area (Å²) in [5, 5.41) is 5.43. The Kier molecular flexibility index (Phi) is 16.6. The van der Waals surface area contributed by atoms with Crippen LogP contribution >= 0.6 is 0 Å². The molecule has 0 aliphatic carbocycles. The van der Waals surface area contributed by atoms with Gasteiger partial charge in [0.15, 0.2) is 6.29 Å². The Morgan fingerprint density at radius 2 is 1.49 bits per heavy atom. The lowest BCUT2D eigenvalue weighted by Crippen LogP contribution is -2.59. The predicted octanol–water partition coefficient (Wildman–Crippen LogP) is 4.55. The first-order chi connectivity index (χ1) is 26.5. The number of nitrogens with zero attached hydrogens (tertiary/aromatic N) is 3. The Morgan fingerprint density at radius 3 is 2.09 bits per heavy atom. The lowest BCUT2D eigenvalue weighted by Gasteiger charge is -2.41. The van der Waals surface area contributed by atoms with Crippen molar-refractivity contribution in [3.63, 3.8) is 0 Å². The summed E-state index contributed by atoms with van der Waals surface area (Å²) in [4.78, 5) is 84.4. The van der Waals surface area contributed by atoms with Crippen LogP contribution in [0.5, 0.6) is 0 Å². The van der Waals surface area contributed by atoms with Crippen molar-refractivity contribution in [1.29, 1.82) is 0 Å². The number of nitrogens with one attached hydrogen (secondary N) is 2. The van der Waals surface area contributed by atoms with Crippen LogP contribution in [0.2, 0.25) is 0 Å². The monoisotopic (exact) mass is 763 g/mol. The molecule has 14 heteroatoms. The molecule has 2 saturated heterocycles. The van der Waals surface area contributed by atoms with Gasteiger partial charge in [-0.3, -0.25) is 28.9 Å². The first-order valence-corrected chi connectivity index (χ1v) is 19.5. The molecule has 4 rings (SSSR count). The number of amides is 6. The molecular formula is C41H57N5O9. The largest absolute Gasteiger partial charge is 0.445 e. The lowest BCUT2D eigenvalue weighted by atomic mass is 9.98. The molecule has 300 valence electrons. The number of ether oxygens (including phenoxy) is 3.